The zero-order valence-electron chi connectivity index (χ0n) is 14.3. The maximum Gasteiger partial charge on any atom is 0.313 e. The first-order valence-electron chi connectivity index (χ1n) is 8.59. The van der Waals surface area contributed by atoms with Crippen LogP contribution < -0.4 is 5.32 Å². The summed E-state index contributed by atoms with van der Waals surface area (Å²) < 4.78 is 0. The zero-order valence-corrected chi connectivity index (χ0v) is 15.1. The maximum atomic E-state index is 12.0. The van der Waals surface area contributed by atoms with Crippen LogP contribution in [0.2, 0.25) is 0 Å². The highest BCUT2D eigenvalue weighted by Crippen LogP contribution is 2.27. The number of nitrogens with one attached hydrogen (secondary N) is 1. The summed E-state index contributed by atoms with van der Waals surface area (Å²) in [6.07, 6.45) is 2.89. The Morgan fingerprint density at radius 3 is 2.69 bits per heavy atom. The van der Waals surface area contributed by atoms with E-state index in [1.54, 1.807) is 17.5 Å². The van der Waals surface area contributed by atoms with Gasteiger partial charge in [-0.2, -0.15) is 0 Å². The third-order valence-electron chi connectivity index (χ3n) is 4.44. The number of hydrogen-bond acceptors (Lipinski definition) is 4. The molecular weight excluding hydrogens is 350 g/mol. The summed E-state index contributed by atoms with van der Waals surface area (Å²) in [4.78, 5) is 23.1. The molecule has 3 N–H and O–H groups in total. The SMILES string of the molecule is O=C(CCCCc1ccc2cc(O)ccc2c1)NC1=CSCC1C(=O)O. The molecule has 0 saturated heterocycles. The van der Waals surface area contributed by atoms with Gasteiger partial charge in [-0.15, -0.1) is 11.8 Å². The Morgan fingerprint density at radius 1 is 1.12 bits per heavy atom. The number of fused-ring (bicyclic) bond motifs is 1. The van der Waals surface area contributed by atoms with Gasteiger partial charge in [0.2, 0.25) is 5.91 Å². The highest BCUT2D eigenvalue weighted by molar-refractivity contribution is 8.02. The van der Waals surface area contributed by atoms with Gasteiger partial charge in [0.1, 0.15) is 11.7 Å². The Bertz CT molecular complexity index is 862. The lowest BCUT2D eigenvalue weighted by molar-refractivity contribution is -0.139. The second-order valence-corrected chi connectivity index (χ2v) is 7.32. The summed E-state index contributed by atoms with van der Waals surface area (Å²) in [6, 6.07) is 11.5. The van der Waals surface area contributed by atoms with E-state index >= 15 is 0 Å². The predicted octanol–water partition coefficient (Wildman–Crippen LogP) is 3.66. The average Bonchev–Trinajstić information content (AvgIpc) is 3.07. The van der Waals surface area contributed by atoms with Crippen LogP contribution in [-0.4, -0.2) is 27.8 Å². The molecular formula is C20H21NO4S. The highest BCUT2D eigenvalue weighted by Gasteiger charge is 2.27. The van der Waals surface area contributed by atoms with Gasteiger partial charge < -0.3 is 15.5 Å². The molecule has 1 atom stereocenters. The molecule has 0 fully saturated rings. The third kappa shape index (κ3) is 4.58. The number of aryl methyl sites for hydroxylation is 1. The van der Waals surface area contributed by atoms with Gasteiger partial charge in [0.15, 0.2) is 0 Å². The Kier molecular flexibility index (Phi) is 5.83. The van der Waals surface area contributed by atoms with Gasteiger partial charge in [-0.25, -0.2) is 0 Å². The molecule has 1 unspecified atom stereocenters. The molecule has 0 radical (unpaired) electrons. The summed E-state index contributed by atoms with van der Waals surface area (Å²) in [6.45, 7) is 0. The standard InChI is InChI=1S/C20H21NO4S/c22-16-8-7-14-9-13(5-6-15(14)10-16)3-1-2-4-19(23)21-18-12-26-11-17(18)20(24)25/h5-10,12,17,22H,1-4,11H2,(H,21,23)(H,24,25). The van der Waals surface area contributed by atoms with Crippen molar-refractivity contribution in [1.29, 1.82) is 0 Å². The summed E-state index contributed by atoms with van der Waals surface area (Å²) in [7, 11) is 0. The number of benzene rings is 2. The van der Waals surface area contributed by atoms with Gasteiger partial charge in [0.25, 0.3) is 0 Å². The molecule has 0 aliphatic carbocycles. The van der Waals surface area contributed by atoms with Crippen molar-refractivity contribution < 1.29 is 19.8 Å². The molecule has 1 amide bonds. The minimum absolute atomic E-state index is 0.126. The molecule has 2 aromatic rings. The fraction of sp³-hybridized carbons (Fsp3) is 0.300. The van der Waals surface area contributed by atoms with Crippen LogP contribution in [-0.2, 0) is 16.0 Å². The molecule has 2 aromatic carbocycles. The largest absolute Gasteiger partial charge is 0.508 e. The van der Waals surface area contributed by atoms with E-state index in [1.165, 1.54) is 17.3 Å². The fourth-order valence-electron chi connectivity index (χ4n) is 3.00. The molecule has 1 aliphatic rings. The number of carboxylic acids is 1. The first kappa shape index (κ1) is 18.3. The van der Waals surface area contributed by atoms with Crippen molar-refractivity contribution >= 4 is 34.4 Å². The Hall–Kier alpha value is -2.47. The van der Waals surface area contributed by atoms with E-state index in [-0.39, 0.29) is 11.7 Å². The smallest absolute Gasteiger partial charge is 0.313 e. The van der Waals surface area contributed by atoms with E-state index in [2.05, 4.69) is 11.4 Å². The monoisotopic (exact) mass is 371 g/mol. The second-order valence-electron chi connectivity index (χ2n) is 6.42. The molecule has 0 spiro atoms. The van der Waals surface area contributed by atoms with Gasteiger partial charge in [-0.3, -0.25) is 9.59 Å². The molecule has 0 bridgehead atoms. The zero-order chi connectivity index (χ0) is 18.5. The second kappa shape index (κ2) is 8.27. The fourth-order valence-corrected chi connectivity index (χ4v) is 4.02. The lowest BCUT2D eigenvalue weighted by atomic mass is 10.0. The number of carbonyl (C=O) groups excluding carboxylic acids is 1. The van der Waals surface area contributed by atoms with Gasteiger partial charge in [0.05, 0.1) is 0 Å². The highest BCUT2D eigenvalue weighted by atomic mass is 32.2. The molecule has 3 rings (SSSR count). The first-order valence-corrected chi connectivity index (χ1v) is 9.64. The van der Waals surface area contributed by atoms with Gasteiger partial charge in [-0.05, 0) is 53.1 Å². The number of carbonyl (C=O) groups is 2. The van der Waals surface area contributed by atoms with Crippen LogP contribution in [0.1, 0.15) is 24.8 Å². The number of rotatable bonds is 7. The van der Waals surface area contributed by atoms with E-state index in [1.807, 2.05) is 18.2 Å². The average molecular weight is 371 g/mol. The number of carboxylic acid groups (broad SMARTS) is 1. The molecule has 136 valence electrons. The molecule has 0 aromatic heterocycles. The van der Waals surface area contributed by atoms with Crippen molar-refractivity contribution in [2.75, 3.05) is 5.75 Å². The lowest BCUT2D eigenvalue weighted by Gasteiger charge is -2.11. The lowest BCUT2D eigenvalue weighted by Crippen LogP contribution is -2.29. The minimum Gasteiger partial charge on any atom is -0.508 e. The number of thioether (sulfide) groups is 1. The van der Waals surface area contributed by atoms with Crippen molar-refractivity contribution in [2.24, 2.45) is 5.92 Å². The number of amides is 1. The molecule has 5 nitrogen and oxygen atoms in total. The van der Waals surface area contributed by atoms with Crippen LogP contribution in [0.3, 0.4) is 0 Å². The Labute approximate surface area is 156 Å². The number of aromatic hydroxyl groups is 1. The van der Waals surface area contributed by atoms with Crippen LogP contribution >= 0.6 is 11.8 Å². The summed E-state index contributed by atoms with van der Waals surface area (Å²) in [5.74, 6) is -0.895. The van der Waals surface area contributed by atoms with E-state index in [0.717, 1.165) is 30.0 Å². The molecule has 1 heterocycles. The van der Waals surface area contributed by atoms with Gasteiger partial charge in [-0.1, -0.05) is 24.3 Å². The normalized spacial score (nSPS) is 16.5. The van der Waals surface area contributed by atoms with Crippen LogP contribution in [0.25, 0.3) is 10.8 Å². The van der Waals surface area contributed by atoms with Crippen LogP contribution in [0.5, 0.6) is 5.75 Å². The first-order chi connectivity index (χ1) is 12.5. The van der Waals surface area contributed by atoms with Gasteiger partial charge >= 0.3 is 5.97 Å². The maximum absolute atomic E-state index is 12.0. The Balaban J connectivity index is 1.44. The van der Waals surface area contributed by atoms with E-state index in [9.17, 15) is 14.7 Å². The molecule has 6 heteroatoms. The van der Waals surface area contributed by atoms with Crippen LogP contribution in [0.15, 0.2) is 47.5 Å². The number of phenols is 1. The summed E-state index contributed by atoms with van der Waals surface area (Å²) in [5, 5.41) is 25.2. The van der Waals surface area contributed by atoms with E-state index in [4.69, 9.17) is 5.11 Å². The van der Waals surface area contributed by atoms with E-state index in [0.29, 0.717) is 17.9 Å². The number of unbranched alkanes of at least 4 members (excludes halogenated alkanes) is 1. The molecule has 1 aliphatic heterocycles. The van der Waals surface area contributed by atoms with Crippen molar-refractivity contribution in [3.63, 3.8) is 0 Å². The van der Waals surface area contributed by atoms with Crippen LogP contribution in [0, 0.1) is 5.92 Å². The predicted molar refractivity (Wildman–Crippen MR) is 103 cm³/mol. The van der Waals surface area contributed by atoms with Crippen molar-refractivity contribution in [3.8, 4) is 5.75 Å². The third-order valence-corrected chi connectivity index (χ3v) is 5.38. The van der Waals surface area contributed by atoms with Gasteiger partial charge in [0, 0.05) is 17.9 Å². The number of phenolic OH excluding ortho intramolecular Hbond substituents is 1. The molecule has 0 saturated carbocycles. The quantitative estimate of drug-likeness (QED) is 0.647. The number of hydrogen-bond donors (Lipinski definition) is 3. The molecule has 26 heavy (non-hydrogen) atoms. The summed E-state index contributed by atoms with van der Waals surface area (Å²) in [5.41, 5.74) is 1.70. The van der Waals surface area contributed by atoms with Crippen molar-refractivity contribution in [2.45, 2.75) is 25.7 Å². The minimum atomic E-state index is -0.897. The Morgan fingerprint density at radius 2 is 1.88 bits per heavy atom. The number of aliphatic carboxylic acids is 1. The van der Waals surface area contributed by atoms with E-state index < -0.39 is 11.9 Å². The van der Waals surface area contributed by atoms with Crippen LogP contribution in [0.4, 0.5) is 0 Å². The van der Waals surface area contributed by atoms with Crippen molar-refractivity contribution in [1.82, 2.24) is 5.32 Å². The summed E-state index contributed by atoms with van der Waals surface area (Å²) >= 11 is 1.41. The topological polar surface area (TPSA) is 86.6 Å². The van der Waals surface area contributed by atoms with Crippen molar-refractivity contribution in [3.05, 3.63) is 53.1 Å².